The number of nitro groups is 1. The lowest BCUT2D eigenvalue weighted by Gasteiger charge is -2.08. The number of nitrogens with two attached hydrogens (primary N) is 2. The van der Waals surface area contributed by atoms with Crippen LogP contribution in [0.5, 0.6) is 0 Å². The van der Waals surface area contributed by atoms with Crippen LogP contribution >= 0.6 is 0 Å². The van der Waals surface area contributed by atoms with E-state index in [1.807, 2.05) is 0 Å². The number of nitrogens with zero attached hydrogens (tertiary/aromatic N) is 7. The van der Waals surface area contributed by atoms with Crippen molar-refractivity contribution in [2.75, 3.05) is 11.5 Å². The third-order valence-electron chi connectivity index (χ3n) is 7.43. The van der Waals surface area contributed by atoms with Gasteiger partial charge in [-0.25, -0.2) is 0 Å². The molecule has 6 rings (SSSR count). The van der Waals surface area contributed by atoms with E-state index in [9.17, 15) is 36.1 Å². The number of hydrogen-bond acceptors (Lipinski definition) is 14. The molecule has 17 nitrogen and oxygen atoms in total. The van der Waals surface area contributed by atoms with E-state index in [0.29, 0.717) is 27.5 Å². The molecule has 0 aliphatic rings. The molecular formula is C32H23N9O8S2. The fraction of sp³-hybridized carbons (Fsp3) is 0. The predicted octanol–water partition coefficient (Wildman–Crippen LogP) is 8.81. The number of azo groups is 3. The number of rotatable bonds is 9. The van der Waals surface area contributed by atoms with E-state index in [0.717, 1.165) is 6.07 Å². The van der Waals surface area contributed by atoms with Gasteiger partial charge in [-0.2, -0.15) is 16.8 Å². The van der Waals surface area contributed by atoms with Crippen molar-refractivity contribution in [2.45, 2.75) is 9.79 Å². The van der Waals surface area contributed by atoms with Crippen LogP contribution in [0.25, 0.3) is 21.5 Å². The highest BCUT2D eigenvalue weighted by Gasteiger charge is 2.18. The Morgan fingerprint density at radius 2 is 0.980 bits per heavy atom. The Bertz CT molecular complexity index is 2720. The highest BCUT2D eigenvalue weighted by molar-refractivity contribution is 7.86. The number of nitro benzene ring substituents is 1. The van der Waals surface area contributed by atoms with Crippen LogP contribution in [0.1, 0.15) is 0 Å². The molecule has 6 aromatic carbocycles. The third-order valence-corrected chi connectivity index (χ3v) is 9.18. The van der Waals surface area contributed by atoms with Crippen LogP contribution in [0, 0.1) is 10.1 Å². The first-order chi connectivity index (χ1) is 24.2. The zero-order chi connectivity index (χ0) is 36.5. The topological polar surface area (TPSA) is 278 Å². The molecule has 256 valence electrons. The quantitative estimate of drug-likeness (QED) is 0.0361. The third kappa shape index (κ3) is 7.26. The van der Waals surface area contributed by atoms with Gasteiger partial charge in [-0.1, -0.05) is 42.5 Å². The average molecular weight is 726 g/mol. The standard InChI is InChI=1S/C32H23N9O8S2/c33-23-16-24(34)31(41(42)43)17-30(23)40-38-28-14-13-27(21-10-9-18(15-22(21)28)50(44,45)46)36-35-25-11-12-26(20-6-2-1-5-19(20)25)37-39-29-7-3-4-8-32(29)51(47,48)49/h1-17H,33-34H2,(H,44,45,46)(H,47,48,49)/b36-35+,39-37+,40-38+. The van der Waals surface area contributed by atoms with Crippen molar-refractivity contribution in [3.05, 3.63) is 113 Å². The van der Waals surface area contributed by atoms with Gasteiger partial charge in [-0.15, -0.1) is 30.7 Å². The highest BCUT2D eigenvalue weighted by Crippen LogP contribution is 2.40. The molecule has 51 heavy (non-hydrogen) atoms. The molecule has 0 amide bonds. The maximum atomic E-state index is 12.0. The van der Waals surface area contributed by atoms with Crippen LogP contribution in [0.4, 0.5) is 51.2 Å². The number of anilines is 2. The average Bonchev–Trinajstić information content (AvgIpc) is 3.09. The Morgan fingerprint density at radius 1 is 0.510 bits per heavy atom. The van der Waals surface area contributed by atoms with E-state index in [1.165, 1.54) is 48.5 Å². The van der Waals surface area contributed by atoms with Crippen molar-refractivity contribution in [2.24, 2.45) is 30.7 Å². The Balaban J connectivity index is 1.40. The van der Waals surface area contributed by atoms with Gasteiger partial charge in [0.25, 0.3) is 25.9 Å². The number of benzene rings is 6. The van der Waals surface area contributed by atoms with E-state index >= 15 is 0 Å². The van der Waals surface area contributed by atoms with Crippen molar-refractivity contribution in [3.8, 4) is 0 Å². The maximum absolute atomic E-state index is 12.0. The van der Waals surface area contributed by atoms with Crippen LogP contribution < -0.4 is 11.5 Å². The molecule has 6 aromatic rings. The number of nitrogen functional groups attached to an aromatic ring is 2. The fourth-order valence-electron chi connectivity index (χ4n) is 5.01. The molecular weight excluding hydrogens is 703 g/mol. The SMILES string of the molecule is Nc1cc(N)c([N+](=O)[O-])cc1/N=N/c1ccc(/N=N/c2ccc(/N=N/c3ccccc3S(=O)(=O)O)c3ccccc23)c2ccc(S(=O)(=O)O)cc12. The number of fused-ring (bicyclic) bond motifs is 2. The van der Waals surface area contributed by atoms with E-state index in [-0.39, 0.29) is 39.5 Å². The predicted molar refractivity (Wildman–Crippen MR) is 188 cm³/mol. The second-order valence-electron chi connectivity index (χ2n) is 10.7. The van der Waals surface area contributed by atoms with Gasteiger partial charge in [0.2, 0.25) is 0 Å². The van der Waals surface area contributed by atoms with E-state index < -0.39 is 40.6 Å². The monoisotopic (exact) mass is 725 g/mol. The minimum Gasteiger partial charge on any atom is -0.397 e. The summed E-state index contributed by atoms with van der Waals surface area (Å²) in [6.07, 6.45) is 0. The van der Waals surface area contributed by atoms with Crippen molar-refractivity contribution in [1.82, 2.24) is 0 Å². The minimum absolute atomic E-state index is 0.0119. The summed E-state index contributed by atoms with van der Waals surface area (Å²) >= 11 is 0. The van der Waals surface area contributed by atoms with Crippen LogP contribution in [0.15, 0.2) is 144 Å². The van der Waals surface area contributed by atoms with Gasteiger partial charge in [0.15, 0.2) is 0 Å². The zero-order valence-corrected chi connectivity index (χ0v) is 27.4. The lowest BCUT2D eigenvalue weighted by molar-refractivity contribution is -0.383. The van der Waals surface area contributed by atoms with Crippen molar-refractivity contribution < 1.29 is 30.9 Å². The van der Waals surface area contributed by atoms with Crippen molar-refractivity contribution in [3.63, 3.8) is 0 Å². The van der Waals surface area contributed by atoms with Crippen LogP contribution in [-0.4, -0.2) is 30.9 Å². The minimum atomic E-state index is -4.63. The van der Waals surface area contributed by atoms with E-state index in [2.05, 4.69) is 30.7 Å². The molecule has 19 heteroatoms. The first kappa shape index (κ1) is 34.3. The Labute approximate surface area is 288 Å². The summed E-state index contributed by atoms with van der Waals surface area (Å²) in [6.45, 7) is 0. The molecule has 0 spiro atoms. The summed E-state index contributed by atoms with van der Waals surface area (Å²) in [5.74, 6) is 0. The summed E-state index contributed by atoms with van der Waals surface area (Å²) in [4.78, 5) is 9.83. The first-order valence-corrected chi connectivity index (χ1v) is 17.3. The van der Waals surface area contributed by atoms with Gasteiger partial charge in [0, 0.05) is 27.6 Å². The molecule has 0 radical (unpaired) electrons. The fourth-order valence-corrected chi connectivity index (χ4v) is 6.14. The number of hydrogen-bond donors (Lipinski definition) is 4. The van der Waals surface area contributed by atoms with E-state index in [4.69, 9.17) is 11.5 Å². The second kappa shape index (κ2) is 13.4. The molecule has 0 aromatic heterocycles. The molecule has 0 fully saturated rings. The molecule has 0 heterocycles. The Kier molecular flexibility index (Phi) is 9.02. The first-order valence-electron chi connectivity index (χ1n) is 14.4. The second-order valence-corrected chi connectivity index (χ2v) is 13.5. The largest absolute Gasteiger partial charge is 0.397 e. The van der Waals surface area contributed by atoms with Gasteiger partial charge in [-0.05, 0) is 54.6 Å². The van der Waals surface area contributed by atoms with Crippen LogP contribution in [0.2, 0.25) is 0 Å². The molecule has 0 atom stereocenters. The van der Waals surface area contributed by atoms with Gasteiger partial charge in [0.05, 0.1) is 38.3 Å². The Hall–Kier alpha value is -6.54. The normalized spacial score (nSPS) is 12.5. The van der Waals surface area contributed by atoms with Crippen LogP contribution in [-0.2, 0) is 20.2 Å². The molecule has 0 unspecified atom stereocenters. The highest BCUT2D eigenvalue weighted by atomic mass is 32.2. The Morgan fingerprint density at radius 3 is 1.51 bits per heavy atom. The van der Waals surface area contributed by atoms with Crippen molar-refractivity contribution in [1.29, 1.82) is 0 Å². The van der Waals surface area contributed by atoms with Gasteiger partial charge in [0.1, 0.15) is 22.0 Å². The zero-order valence-electron chi connectivity index (χ0n) is 25.8. The van der Waals surface area contributed by atoms with Gasteiger partial charge >= 0.3 is 0 Å². The lowest BCUT2D eigenvalue weighted by atomic mass is 10.1. The lowest BCUT2D eigenvalue weighted by Crippen LogP contribution is -1.97. The summed E-state index contributed by atoms with van der Waals surface area (Å²) in [5.41, 5.74) is 12.1. The van der Waals surface area contributed by atoms with Gasteiger partial charge < -0.3 is 11.5 Å². The summed E-state index contributed by atoms with van der Waals surface area (Å²) in [6, 6.07) is 24.8. The van der Waals surface area contributed by atoms with Crippen LogP contribution in [0.3, 0.4) is 0 Å². The van der Waals surface area contributed by atoms with Crippen molar-refractivity contribution >= 4 is 93.0 Å². The maximum Gasteiger partial charge on any atom is 0.296 e. The smallest absolute Gasteiger partial charge is 0.296 e. The van der Waals surface area contributed by atoms with E-state index in [1.54, 1.807) is 48.5 Å². The summed E-state index contributed by atoms with van der Waals surface area (Å²) in [5, 5.41) is 38.4. The molecule has 0 saturated carbocycles. The molecule has 6 N–H and O–H groups in total. The molecule has 0 aliphatic heterocycles. The molecule has 0 bridgehead atoms. The molecule has 0 saturated heterocycles. The molecule has 0 aliphatic carbocycles. The summed E-state index contributed by atoms with van der Waals surface area (Å²) < 4.78 is 66.8. The van der Waals surface area contributed by atoms with Gasteiger partial charge in [-0.3, -0.25) is 19.2 Å². The summed E-state index contributed by atoms with van der Waals surface area (Å²) in [7, 11) is -9.17.